The SMILES string of the molecule is Cn1c(CC2CCCN2)cc2ccccc21. The van der Waals surface area contributed by atoms with E-state index in [4.69, 9.17) is 0 Å². The van der Waals surface area contributed by atoms with Gasteiger partial charge in [-0.1, -0.05) is 18.2 Å². The number of benzene rings is 1. The average molecular weight is 214 g/mol. The van der Waals surface area contributed by atoms with Crippen LogP contribution in [-0.2, 0) is 13.5 Å². The Hall–Kier alpha value is -1.28. The van der Waals surface area contributed by atoms with Crippen molar-refractivity contribution in [2.45, 2.75) is 25.3 Å². The highest BCUT2D eigenvalue weighted by atomic mass is 15.0. The predicted octanol–water partition coefficient (Wildman–Crippen LogP) is 2.47. The first kappa shape index (κ1) is 9.91. The molecule has 1 unspecified atom stereocenters. The van der Waals surface area contributed by atoms with Crippen LogP contribution >= 0.6 is 0 Å². The Bertz CT molecular complexity index is 492. The Balaban J connectivity index is 1.94. The summed E-state index contributed by atoms with van der Waals surface area (Å²) in [6.07, 6.45) is 3.81. The summed E-state index contributed by atoms with van der Waals surface area (Å²) >= 11 is 0. The maximum atomic E-state index is 3.56. The molecular weight excluding hydrogens is 196 g/mol. The molecule has 0 aliphatic carbocycles. The Morgan fingerprint density at radius 2 is 2.25 bits per heavy atom. The Kier molecular flexibility index (Phi) is 2.44. The largest absolute Gasteiger partial charge is 0.348 e. The monoisotopic (exact) mass is 214 g/mol. The van der Waals surface area contributed by atoms with Crippen LogP contribution in [0.3, 0.4) is 0 Å². The van der Waals surface area contributed by atoms with Crippen LogP contribution in [0.5, 0.6) is 0 Å². The fourth-order valence-electron chi connectivity index (χ4n) is 2.73. The first-order valence-electron chi connectivity index (χ1n) is 6.11. The van der Waals surface area contributed by atoms with Gasteiger partial charge in [0.1, 0.15) is 0 Å². The number of hydrogen-bond acceptors (Lipinski definition) is 1. The Morgan fingerprint density at radius 3 is 3.00 bits per heavy atom. The van der Waals surface area contributed by atoms with Gasteiger partial charge in [-0.2, -0.15) is 0 Å². The minimum atomic E-state index is 0.683. The molecule has 1 aliphatic heterocycles. The molecule has 1 aliphatic rings. The van der Waals surface area contributed by atoms with Gasteiger partial charge in [0.05, 0.1) is 0 Å². The minimum absolute atomic E-state index is 0.683. The second-order valence-electron chi connectivity index (χ2n) is 4.75. The van der Waals surface area contributed by atoms with Gasteiger partial charge in [0.25, 0.3) is 0 Å². The minimum Gasteiger partial charge on any atom is -0.348 e. The number of aryl methyl sites for hydroxylation is 1. The fraction of sp³-hybridized carbons (Fsp3) is 0.429. The van der Waals surface area contributed by atoms with Crippen molar-refractivity contribution >= 4 is 10.9 Å². The highest BCUT2D eigenvalue weighted by Gasteiger charge is 2.16. The summed E-state index contributed by atoms with van der Waals surface area (Å²) in [6.45, 7) is 1.19. The molecule has 1 fully saturated rings. The van der Waals surface area contributed by atoms with E-state index in [9.17, 15) is 0 Å². The standard InChI is InChI=1S/C14H18N2/c1-16-13(10-12-6-4-8-15-12)9-11-5-2-3-7-14(11)16/h2-3,5,7,9,12,15H,4,6,8,10H2,1H3. The highest BCUT2D eigenvalue weighted by molar-refractivity contribution is 5.81. The summed E-state index contributed by atoms with van der Waals surface area (Å²) in [4.78, 5) is 0. The first-order chi connectivity index (χ1) is 7.84. The molecule has 1 atom stereocenters. The molecule has 3 rings (SSSR count). The predicted molar refractivity (Wildman–Crippen MR) is 67.6 cm³/mol. The molecule has 0 radical (unpaired) electrons. The van der Waals surface area contributed by atoms with Gasteiger partial charge in [-0.05, 0) is 36.9 Å². The van der Waals surface area contributed by atoms with Gasteiger partial charge in [-0.15, -0.1) is 0 Å². The zero-order chi connectivity index (χ0) is 11.0. The lowest BCUT2D eigenvalue weighted by molar-refractivity contribution is 0.585. The summed E-state index contributed by atoms with van der Waals surface area (Å²) in [6, 6.07) is 11.6. The third-order valence-electron chi connectivity index (χ3n) is 3.67. The van der Waals surface area contributed by atoms with E-state index in [0.717, 1.165) is 6.42 Å². The van der Waals surface area contributed by atoms with Gasteiger partial charge in [0.2, 0.25) is 0 Å². The van der Waals surface area contributed by atoms with Crippen molar-refractivity contribution in [3.8, 4) is 0 Å². The number of nitrogens with one attached hydrogen (secondary N) is 1. The number of fused-ring (bicyclic) bond motifs is 1. The van der Waals surface area contributed by atoms with Gasteiger partial charge < -0.3 is 9.88 Å². The molecule has 2 nitrogen and oxygen atoms in total. The molecule has 0 spiro atoms. The fourth-order valence-corrected chi connectivity index (χ4v) is 2.73. The van der Waals surface area contributed by atoms with Crippen LogP contribution in [0.1, 0.15) is 18.5 Å². The molecule has 1 aromatic carbocycles. The summed E-state index contributed by atoms with van der Waals surface area (Å²) in [5.74, 6) is 0. The van der Waals surface area contributed by atoms with Gasteiger partial charge >= 0.3 is 0 Å². The smallest absolute Gasteiger partial charge is 0.0479 e. The van der Waals surface area contributed by atoms with Crippen molar-refractivity contribution in [3.05, 3.63) is 36.0 Å². The Labute approximate surface area is 96.3 Å². The van der Waals surface area contributed by atoms with Crippen molar-refractivity contribution in [1.29, 1.82) is 0 Å². The van der Waals surface area contributed by atoms with Crippen molar-refractivity contribution in [2.75, 3.05) is 6.54 Å². The van der Waals surface area contributed by atoms with Crippen LogP contribution in [-0.4, -0.2) is 17.2 Å². The normalized spacial score (nSPS) is 20.7. The maximum absolute atomic E-state index is 3.56. The third kappa shape index (κ3) is 1.63. The van der Waals surface area contributed by atoms with E-state index in [0.29, 0.717) is 6.04 Å². The molecular formula is C14H18N2. The number of aromatic nitrogens is 1. The first-order valence-corrected chi connectivity index (χ1v) is 6.11. The van der Waals surface area contributed by atoms with E-state index in [2.05, 4.69) is 47.3 Å². The Morgan fingerprint density at radius 1 is 1.38 bits per heavy atom. The van der Waals surface area contributed by atoms with Gasteiger partial charge in [0.15, 0.2) is 0 Å². The second kappa shape index (κ2) is 3.95. The van der Waals surface area contributed by atoms with E-state index in [1.807, 2.05) is 0 Å². The van der Waals surface area contributed by atoms with E-state index in [1.54, 1.807) is 0 Å². The van der Waals surface area contributed by atoms with Crippen molar-refractivity contribution in [3.63, 3.8) is 0 Å². The molecule has 2 heterocycles. The highest BCUT2D eigenvalue weighted by Crippen LogP contribution is 2.20. The van der Waals surface area contributed by atoms with Gasteiger partial charge in [0, 0.05) is 30.7 Å². The van der Waals surface area contributed by atoms with Crippen molar-refractivity contribution in [2.24, 2.45) is 7.05 Å². The molecule has 2 aromatic rings. The lowest BCUT2D eigenvalue weighted by Gasteiger charge is -2.10. The molecule has 1 aromatic heterocycles. The molecule has 16 heavy (non-hydrogen) atoms. The van der Waals surface area contributed by atoms with Crippen LogP contribution in [0.15, 0.2) is 30.3 Å². The van der Waals surface area contributed by atoms with Crippen LogP contribution in [0.2, 0.25) is 0 Å². The number of hydrogen-bond donors (Lipinski definition) is 1. The molecule has 2 heteroatoms. The zero-order valence-corrected chi connectivity index (χ0v) is 9.74. The number of para-hydroxylation sites is 1. The average Bonchev–Trinajstić information content (AvgIpc) is 2.90. The van der Waals surface area contributed by atoms with Crippen LogP contribution in [0.4, 0.5) is 0 Å². The van der Waals surface area contributed by atoms with Crippen LogP contribution in [0, 0.1) is 0 Å². The zero-order valence-electron chi connectivity index (χ0n) is 9.74. The summed E-state index contributed by atoms with van der Waals surface area (Å²) in [7, 11) is 2.17. The molecule has 0 amide bonds. The molecule has 0 saturated carbocycles. The molecule has 0 bridgehead atoms. The van der Waals surface area contributed by atoms with E-state index in [-0.39, 0.29) is 0 Å². The lowest BCUT2D eigenvalue weighted by atomic mass is 10.1. The molecule has 1 N–H and O–H groups in total. The number of rotatable bonds is 2. The molecule has 1 saturated heterocycles. The lowest BCUT2D eigenvalue weighted by Crippen LogP contribution is -2.24. The van der Waals surface area contributed by atoms with E-state index < -0.39 is 0 Å². The van der Waals surface area contributed by atoms with Crippen LogP contribution in [0.25, 0.3) is 10.9 Å². The van der Waals surface area contributed by atoms with E-state index >= 15 is 0 Å². The summed E-state index contributed by atoms with van der Waals surface area (Å²) in [5.41, 5.74) is 2.79. The topological polar surface area (TPSA) is 17.0 Å². The number of nitrogens with zero attached hydrogens (tertiary/aromatic N) is 1. The second-order valence-corrected chi connectivity index (χ2v) is 4.75. The maximum Gasteiger partial charge on any atom is 0.0479 e. The van der Waals surface area contributed by atoms with Gasteiger partial charge in [-0.3, -0.25) is 0 Å². The van der Waals surface area contributed by atoms with Crippen LogP contribution < -0.4 is 5.32 Å². The summed E-state index contributed by atoms with van der Waals surface area (Å²) in [5, 5.41) is 4.92. The quantitative estimate of drug-likeness (QED) is 0.812. The third-order valence-corrected chi connectivity index (χ3v) is 3.67. The van der Waals surface area contributed by atoms with Crippen molar-refractivity contribution < 1.29 is 0 Å². The molecule has 84 valence electrons. The van der Waals surface area contributed by atoms with Crippen molar-refractivity contribution in [1.82, 2.24) is 9.88 Å². The summed E-state index contributed by atoms with van der Waals surface area (Å²) < 4.78 is 2.33. The van der Waals surface area contributed by atoms with Gasteiger partial charge in [-0.25, -0.2) is 0 Å². The van der Waals surface area contributed by atoms with E-state index in [1.165, 1.54) is 36.0 Å².